The Labute approximate surface area is 143 Å². The van der Waals surface area contributed by atoms with Crippen LogP contribution in [0.2, 0.25) is 0 Å². The average molecular weight is 372 g/mol. The van der Waals surface area contributed by atoms with Crippen LogP contribution in [0.5, 0.6) is 5.75 Å². The summed E-state index contributed by atoms with van der Waals surface area (Å²) in [6, 6.07) is 5.21. The first kappa shape index (κ1) is 17.2. The number of nitrogens with zero attached hydrogens (tertiary/aromatic N) is 6. The van der Waals surface area contributed by atoms with E-state index in [0.717, 1.165) is 0 Å². The first-order valence-corrected chi connectivity index (χ1v) is 8.02. The molecule has 0 aliphatic heterocycles. The van der Waals surface area contributed by atoms with Gasteiger partial charge in [0.1, 0.15) is 5.75 Å². The molecule has 0 radical (unpaired) electrons. The van der Waals surface area contributed by atoms with Crippen LogP contribution in [0.4, 0.5) is 13.2 Å². The van der Waals surface area contributed by atoms with Gasteiger partial charge in [-0.05, 0) is 34.7 Å². The highest BCUT2D eigenvalue weighted by molar-refractivity contribution is 7.98. The summed E-state index contributed by atoms with van der Waals surface area (Å²) in [6.45, 7) is 1.91. The van der Waals surface area contributed by atoms with Crippen molar-refractivity contribution in [2.45, 2.75) is 30.6 Å². The second-order valence-electron chi connectivity index (χ2n) is 4.66. The minimum atomic E-state index is -4.74. The van der Waals surface area contributed by atoms with E-state index >= 15 is 0 Å². The molecule has 0 spiro atoms. The quantitative estimate of drug-likeness (QED) is 0.610. The number of thioether (sulfide) groups is 1. The van der Waals surface area contributed by atoms with Gasteiger partial charge in [0.05, 0.1) is 11.4 Å². The number of hydrogen-bond acceptors (Lipinski definition) is 8. The predicted molar refractivity (Wildman–Crippen MR) is 79.1 cm³/mol. The van der Waals surface area contributed by atoms with Gasteiger partial charge in [0.15, 0.2) is 5.82 Å². The zero-order valence-corrected chi connectivity index (χ0v) is 13.6. The summed E-state index contributed by atoms with van der Waals surface area (Å²) in [4.78, 5) is 4.18. The molecule has 25 heavy (non-hydrogen) atoms. The maximum absolute atomic E-state index is 12.2. The number of alkyl halides is 3. The molecule has 12 heteroatoms. The molecule has 3 aromatic rings. The van der Waals surface area contributed by atoms with E-state index in [2.05, 4.69) is 30.4 Å². The molecule has 0 saturated heterocycles. The summed E-state index contributed by atoms with van der Waals surface area (Å²) >= 11 is 1.26. The molecule has 2 heterocycles. The Hall–Kier alpha value is -2.63. The first-order chi connectivity index (χ1) is 11.9. The zero-order valence-electron chi connectivity index (χ0n) is 12.8. The SMILES string of the molecule is CCc1noc(CSc2nnnn2-c2ccc(OC(F)(F)F)cc2)n1. The van der Waals surface area contributed by atoms with Gasteiger partial charge < -0.3 is 9.26 Å². The van der Waals surface area contributed by atoms with Gasteiger partial charge in [-0.3, -0.25) is 0 Å². The van der Waals surface area contributed by atoms with Gasteiger partial charge in [0.2, 0.25) is 11.0 Å². The highest BCUT2D eigenvalue weighted by Crippen LogP contribution is 2.25. The van der Waals surface area contributed by atoms with Crippen molar-refractivity contribution in [2.24, 2.45) is 0 Å². The summed E-state index contributed by atoms with van der Waals surface area (Å²) in [5.41, 5.74) is 0.488. The number of halogens is 3. The van der Waals surface area contributed by atoms with Crippen molar-refractivity contribution >= 4 is 11.8 Å². The van der Waals surface area contributed by atoms with Crippen molar-refractivity contribution in [3.8, 4) is 11.4 Å². The molecule has 0 aliphatic carbocycles. The summed E-state index contributed by atoms with van der Waals surface area (Å²) in [7, 11) is 0. The van der Waals surface area contributed by atoms with E-state index in [1.54, 1.807) is 0 Å². The molecule has 0 amide bonds. The second kappa shape index (κ2) is 7.09. The maximum atomic E-state index is 12.2. The Morgan fingerprint density at radius 2 is 2.00 bits per heavy atom. The molecule has 0 atom stereocenters. The Morgan fingerprint density at radius 1 is 1.24 bits per heavy atom. The molecule has 8 nitrogen and oxygen atoms in total. The van der Waals surface area contributed by atoms with Crippen LogP contribution in [0, 0.1) is 0 Å². The second-order valence-corrected chi connectivity index (χ2v) is 5.60. The van der Waals surface area contributed by atoms with E-state index in [1.165, 1.54) is 40.7 Å². The molecule has 0 saturated carbocycles. The zero-order chi connectivity index (χ0) is 17.9. The first-order valence-electron chi connectivity index (χ1n) is 7.03. The van der Waals surface area contributed by atoms with E-state index in [9.17, 15) is 13.2 Å². The van der Waals surface area contributed by atoms with Gasteiger partial charge in [-0.15, -0.1) is 18.3 Å². The van der Waals surface area contributed by atoms with Gasteiger partial charge >= 0.3 is 6.36 Å². The minimum absolute atomic E-state index is 0.323. The largest absolute Gasteiger partial charge is 0.573 e. The fourth-order valence-corrected chi connectivity index (χ4v) is 2.57. The molecule has 1 aromatic carbocycles. The van der Waals surface area contributed by atoms with Gasteiger partial charge in [-0.2, -0.15) is 9.67 Å². The molecule has 132 valence electrons. The van der Waals surface area contributed by atoms with E-state index in [4.69, 9.17) is 4.52 Å². The van der Waals surface area contributed by atoms with Crippen LogP contribution >= 0.6 is 11.8 Å². The van der Waals surface area contributed by atoms with Gasteiger partial charge in [0, 0.05) is 6.42 Å². The van der Waals surface area contributed by atoms with Crippen LogP contribution in [0.25, 0.3) is 5.69 Å². The van der Waals surface area contributed by atoms with Gasteiger partial charge in [-0.1, -0.05) is 23.8 Å². The maximum Gasteiger partial charge on any atom is 0.573 e. The third-order valence-electron chi connectivity index (χ3n) is 2.91. The lowest BCUT2D eigenvalue weighted by molar-refractivity contribution is -0.274. The molecular formula is C13H11F3N6O2S. The fraction of sp³-hybridized carbons (Fsp3) is 0.308. The van der Waals surface area contributed by atoms with Crippen LogP contribution in [0.3, 0.4) is 0 Å². The third kappa shape index (κ3) is 4.47. The summed E-state index contributed by atoms with van der Waals surface area (Å²) in [5.74, 6) is 1.08. The topological polar surface area (TPSA) is 91.8 Å². The lowest BCUT2D eigenvalue weighted by atomic mass is 10.3. The standard InChI is InChI=1S/C13H11F3N6O2S/c1-2-10-17-11(24-19-10)7-25-12-18-20-21-22(12)8-3-5-9(6-4-8)23-13(14,15)16/h3-6H,2,7H2,1H3. The Balaban J connectivity index is 1.70. The van der Waals surface area contributed by atoms with Crippen molar-refractivity contribution in [1.82, 2.24) is 30.3 Å². The molecule has 0 unspecified atom stereocenters. The minimum Gasteiger partial charge on any atom is -0.406 e. The molecule has 2 aromatic heterocycles. The number of rotatable bonds is 6. The van der Waals surface area contributed by atoms with Crippen LogP contribution in [0.15, 0.2) is 33.9 Å². The van der Waals surface area contributed by atoms with Gasteiger partial charge in [-0.25, -0.2) is 0 Å². The number of tetrazole rings is 1. The van der Waals surface area contributed by atoms with E-state index in [-0.39, 0.29) is 5.75 Å². The van der Waals surface area contributed by atoms with Crippen LogP contribution in [0.1, 0.15) is 18.6 Å². The number of benzene rings is 1. The monoisotopic (exact) mass is 372 g/mol. The lowest BCUT2D eigenvalue weighted by Gasteiger charge is -2.09. The van der Waals surface area contributed by atoms with Crippen molar-refractivity contribution in [2.75, 3.05) is 0 Å². The average Bonchev–Trinajstić information content (AvgIpc) is 3.21. The Morgan fingerprint density at radius 3 is 2.64 bits per heavy atom. The smallest absolute Gasteiger partial charge is 0.406 e. The summed E-state index contributed by atoms with van der Waals surface area (Å²) in [5, 5.41) is 15.5. The predicted octanol–water partition coefficient (Wildman–Crippen LogP) is 2.80. The Bertz CT molecular complexity index is 833. The highest BCUT2D eigenvalue weighted by Gasteiger charge is 2.31. The van der Waals surface area contributed by atoms with E-state index < -0.39 is 6.36 Å². The molecule has 0 fully saturated rings. The van der Waals surface area contributed by atoms with Crippen LogP contribution in [-0.2, 0) is 12.2 Å². The summed E-state index contributed by atoms with van der Waals surface area (Å²) in [6.07, 6.45) is -4.07. The molecule has 0 bridgehead atoms. The molecular weight excluding hydrogens is 361 g/mol. The van der Waals surface area contributed by atoms with Crippen molar-refractivity contribution in [3.63, 3.8) is 0 Å². The number of hydrogen-bond donors (Lipinski definition) is 0. The third-order valence-corrected chi connectivity index (χ3v) is 3.81. The van der Waals surface area contributed by atoms with E-state index in [0.29, 0.717) is 34.7 Å². The van der Waals surface area contributed by atoms with E-state index in [1.807, 2.05) is 6.92 Å². The highest BCUT2D eigenvalue weighted by atomic mass is 32.2. The number of ether oxygens (including phenoxy) is 1. The normalized spacial score (nSPS) is 11.7. The van der Waals surface area contributed by atoms with Crippen molar-refractivity contribution < 1.29 is 22.4 Å². The van der Waals surface area contributed by atoms with Crippen LogP contribution < -0.4 is 4.74 Å². The molecule has 0 aliphatic rings. The van der Waals surface area contributed by atoms with Crippen molar-refractivity contribution in [1.29, 1.82) is 0 Å². The number of aryl methyl sites for hydroxylation is 1. The lowest BCUT2D eigenvalue weighted by Crippen LogP contribution is -2.17. The Kier molecular flexibility index (Phi) is 4.88. The molecule has 0 N–H and O–H groups in total. The van der Waals surface area contributed by atoms with Crippen molar-refractivity contribution in [3.05, 3.63) is 36.0 Å². The van der Waals surface area contributed by atoms with Crippen LogP contribution in [-0.4, -0.2) is 36.7 Å². The number of aromatic nitrogens is 6. The van der Waals surface area contributed by atoms with Gasteiger partial charge in [0.25, 0.3) is 0 Å². The fourth-order valence-electron chi connectivity index (χ4n) is 1.84. The molecule has 3 rings (SSSR count). The summed E-state index contributed by atoms with van der Waals surface area (Å²) < 4.78 is 46.9.